The minimum Gasteiger partial charge on any atom is -0.497 e. The van der Waals surface area contributed by atoms with Gasteiger partial charge in [-0.1, -0.05) is 17.7 Å². The predicted octanol–water partition coefficient (Wildman–Crippen LogP) is 5.99. The van der Waals surface area contributed by atoms with Crippen LogP contribution >= 0.6 is 23.4 Å². The van der Waals surface area contributed by atoms with Crippen molar-refractivity contribution in [1.82, 2.24) is 9.97 Å². The molecule has 0 spiro atoms. The molecule has 0 bridgehead atoms. The molecular weight excluding hydrogens is 423 g/mol. The number of thioether (sulfide) groups is 1. The van der Waals surface area contributed by atoms with Gasteiger partial charge in [-0.15, -0.1) is 11.8 Å². The van der Waals surface area contributed by atoms with Gasteiger partial charge in [0.15, 0.2) is 0 Å². The highest BCUT2D eigenvalue weighted by Gasteiger charge is 2.36. The van der Waals surface area contributed by atoms with Crippen molar-refractivity contribution in [3.8, 4) is 23.1 Å². The van der Waals surface area contributed by atoms with E-state index in [9.17, 15) is 18.4 Å². The Morgan fingerprint density at radius 2 is 1.90 bits per heavy atom. The van der Waals surface area contributed by atoms with Gasteiger partial charge < -0.3 is 4.74 Å². The van der Waals surface area contributed by atoms with E-state index in [2.05, 4.69) is 9.97 Å². The van der Waals surface area contributed by atoms with Crippen LogP contribution in [-0.4, -0.2) is 17.1 Å². The molecule has 0 aliphatic carbocycles. The van der Waals surface area contributed by atoms with Crippen LogP contribution in [0.5, 0.6) is 5.75 Å². The molecule has 3 rings (SSSR count). The van der Waals surface area contributed by atoms with Crippen LogP contribution in [0.2, 0.25) is 5.15 Å². The summed E-state index contributed by atoms with van der Waals surface area (Å²) in [6.07, 6.45) is -3.16. The minimum absolute atomic E-state index is 0.00286. The average Bonchev–Trinajstić information content (AvgIpc) is 2.72. The van der Waals surface area contributed by atoms with E-state index in [1.54, 1.807) is 42.5 Å². The van der Waals surface area contributed by atoms with Gasteiger partial charge in [-0.25, -0.2) is 9.97 Å². The maximum atomic E-state index is 13.6. The zero-order valence-corrected chi connectivity index (χ0v) is 16.6. The number of ether oxygens (including phenoxy) is 1. The van der Waals surface area contributed by atoms with Crippen LogP contribution in [0.1, 0.15) is 16.7 Å². The summed E-state index contributed by atoms with van der Waals surface area (Å²) in [4.78, 5) is 8.28. The molecule has 0 saturated carbocycles. The maximum Gasteiger partial charge on any atom is 0.417 e. The van der Waals surface area contributed by atoms with Gasteiger partial charge >= 0.3 is 6.18 Å². The lowest BCUT2D eigenvalue weighted by molar-refractivity contribution is -0.138. The first kappa shape index (κ1) is 21.0. The van der Waals surface area contributed by atoms with Crippen molar-refractivity contribution in [3.05, 3.63) is 70.5 Å². The van der Waals surface area contributed by atoms with Crippen molar-refractivity contribution in [2.45, 2.75) is 17.0 Å². The molecule has 0 aliphatic heterocycles. The molecule has 2 aromatic heterocycles. The summed E-state index contributed by atoms with van der Waals surface area (Å²) in [6.45, 7) is 0. The second kappa shape index (κ2) is 8.72. The van der Waals surface area contributed by atoms with E-state index in [4.69, 9.17) is 16.3 Å². The molecule has 0 amide bonds. The van der Waals surface area contributed by atoms with Gasteiger partial charge in [0.25, 0.3) is 0 Å². The Balaban J connectivity index is 2.04. The number of hydrogen-bond acceptors (Lipinski definition) is 5. The number of alkyl halides is 3. The van der Waals surface area contributed by atoms with E-state index in [1.807, 2.05) is 0 Å². The number of halogens is 4. The number of pyridine rings is 2. The molecule has 0 aliphatic rings. The van der Waals surface area contributed by atoms with E-state index >= 15 is 0 Å². The van der Waals surface area contributed by atoms with Crippen LogP contribution in [0.4, 0.5) is 13.2 Å². The highest BCUT2D eigenvalue weighted by Crippen LogP contribution is 2.38. The monoisotopic (exact) mass is 435 g/mol. The van der Waals surface area contributed by atoms with Gasteiger partial charge in [0.1, 0.15) is 22.0 Å². The molecule has 0 N–H and O–H groups in total. The number of benzene rings is 1. The third kappa shape index (κ3) is 5.00. The van der Waals surface area contributed by atoms with E-state index in [0.717, 1.165) is 23.4 Å². The standard InChI is InChI=1S/C20H13ClF3N3OS/c1-28-14-5-3-13(4-6-14)17-8-16(20(22,23)24)15(9-25)19(27-17)29-11-12-2-7-18(21)26-10-12/h2-8,10H,11H2,1H3. The Hall–Kier alpha value is -2.76. The molecular formula is C20H13ClF3N3OS. The van der Waals surface area contributed by atoms with Gasteiger partial charge in [0, 0.05) is 17.5 Å². The van der Waals surface area contributed by atoms with Crippen LogP contribution in [0.15, 0.2) is 53.7 Å². The molecule has 1 aromatic carbocycles. The summed E-state index contributed by atoms with van der Waals surface area (Å²) >= 11 is 6.79. The Morgan fingerprint density at radius 3 is 2.45 bits per heavy atom. The largest absolute Gasteiger partial charge is 0.497 e. The highest BCUT2D eigenvalue weighted by atomic mass is 35.5. The van der Waals surface area contributed by atoms with Crippen LogP contribution in [0, 0.1) is 11.3 Å². The van der Waals surface area contributed by atoms with Crippen LogP contribution in [-0.2, 0) is 11.9 Å². The zero-order valence-electron chi connectivity index (χ0n) is 15.0. The lowest BCUT2D eigenvalue weighted by Crippen LogP contribution is -2.10. The first-order valence-corrected chi connectivity index (χ1v) is 9.58. The van der Waals surface area contributed by atoms with Gasteiger partial charge in [-0.05, 0) is 42.0 Å². The van der Waals surface area contributed by atoms with Gasteiger partial charge in [0.2, 0.25) is 0 Å². The highest BCUT2D eigenvalue weighted by molar-refractivity contribution is 7.98. The maximum absolute atomic E-state index is 13.6. The van der Waals surface area contributed by atoms with Gasteiger partial charge in [-0.2, -0.15) is 18.4 Å². The molecule has 4 nitrogen and oxygen atoms in total. The van der Waals surface area contributed by atoms with Gasteiger partial charge in [-0.3, -0.25) is 0 Å². The Kier molecular flexibility index (Phi) is 6.30. The van der Waals surface area contributed by atoms with E-state index < -0.39 is 17.3 Å². The second-order valence-corrected chi connectivity index (χ2v) is 7.20. The summed E-state index contributed by atoms with van der Waals surface area (Å²) in [5.41, 5.74) is -0.167. The fourth-order valence-electron chi connectivity index (χ4n) is 2.51. The second-order valence-electron chi connectivity index (χ2n) is 5.85. The molecule has 148 valence electrons. The number of methoxy groups -OCH3 is 1. The Bertz CT molecular complexity index is 1050. The zero-order chi connectivity index (χ0) is 21.0. The van der Waals surface area contributed by atoms with E-state index in [-0.39, 0.29) is 16.5 Å². The summed E-state index contributed by atoms with van der Waals surface area (Å²) in [6, 6.07) is 12.4. The molecule has 0 fully saturated rings. The number of rotatable bonds is 5. The van der Waals surface area contributed by atoms with Crippen LogP contribution in [0.3, 0.4) is 0 Å². The summed E-state index contributed by atoms with van der Waals surface area (Å²) in [5.74, 6) is 0.859. The van der Waals surface area contributed by atoms with Crippen molar-refractivity contribution in [2.75, 3.05) is 7.11 Å². The summed E-state index contributed by atoms with van der Waals surface area (Å²) < 4.78 is 45.9. The lowest BCUT2D eigenvalue weighted by Gasteiger charge is -2.14. The molecule has 9 heteroatoms. The first-order valence-electron chi connectivity index (χ1n) is 8.22. The molecule has 0 unspecified atom stereocenters. The fourth-order valence-corrected chi connectivity index (χ4v) is 3.56. The third-order valence-electron chi connectivity index (χ3n) is 3.95. The molecule has 0 saturated heterocycles. The summed E-state index contributed by atoms with van der Waals surface area (Å²) in [7, 11) is 1.50. The van der Waals surface area contributed by atoms with E-state index in [1.165, 1.54) is 13.3 Å². The van der Waals surface area contributed by atoms with Crippen molar-refractivity contribution < 1.29 is 17.9 Å². The fraction of sp³-hybridized carbons (Fsp3) is 0.150. The number of nitrogens with zero attached hydrogens (tertiary/aromatic N) is 3. The van der Waals surface area contributed by atoms with Crippen molar-refractivity contribution in [1.29, 1.82) is 5.26 Å². The normalized spacial score (nSPS) is 11.2. The smallest absolute Gasteiger partial charge is 0.417 e. The Morgan fingerprint density at radius 1 is 1.17 bits per heavy atom. The summed E-state index contributed by atoms with van der Waals surface area (Å²) in [5, 5.41) is 9.69. The average molecular weight is 436 g/mol. The molecule has 0 atom stereocenters. The quantitative estimate of drug-likeness (QED) is 0.364. The topological polar surface area (TPSA) is 58.8 Å². The van der Waals surface area contributed by atoms with Crippen molar-refractivity contribution >= 4 is 23.4 Å². The lowest BCUT2D eigenvalue weighted by atomic mass is 10.1. The van der Waals surface area contributed by atoms with Crippen LogP contribution in [0.25, 0.3) is 11.3 Å². The SMILES string of the molecule is COc1ccc(-c2cc(C(F)(F)F)c(C#N)c(SCc3ccc(Cl)nc3)n2)cc1. The molecule has 3 aromatic rings. The Labute approximate surface area is 174 Å². The number of aromatic nitrogens is 2. The third-order valence-corrected chi connectivity index (χ3v) is 5.22. The predicted molar refractivity (Wildman–Crippen MR) is 105 cm³/mol. The molecule has 29 heavy (non-hydrogen) atoms. The minimum atomic E-state index is -4.69. The number of nitriles is 1. The van der Waals surface area contributed by atoms with E-state index in [0.29, 0.717) is 16.5 Å². The van der Waals surface area contributed by atoms with Crippen molar-refractivity contribution in [3.63, 3.8) is 0 Å². The van der Waals surface area contributed by atoms with Crippen LogP contribution < -0.4 is 4.74 Å². The van der Waals surface area contributed by atoms with Crippen molar-refractivity contribution in [2.24, 2.45) is 0 Å². The number of hydrogen-bond donors (Lipinski definition) is 0. The first-order chi connectivity index (χ1) is 13.8. The molecule has 0 radical (unpaired) electrons. The molecule has 2 heterocycles. The van der Waals surface area contributed by atoms with Gasteiger partial charge in [0.05, 0.1) is 23.9 Å².